The number of allylic oxidation sites excluding steroid dienone is 2. The van der Waals surface area contributed by atoms with Gasteiger partial charge in [-0.15, -0.1) is 0 Å². The molecule has 72 valence electrons. The van der Waals surface area contributed by atoms with Crippen LogP contribution in [0.15, 0.2) is 12.2 Å². The monoisotopic (exact) mass is 170 g/mol. The van der Waals surface area contributed by atoms with E-state index in [1.54, 1.807) is 0 Å². The van der Waals surface area contributed by atoms with Crippen molar-refractivity contribution in [2.75, 3.05) is 6.61 Å². The van der Waals surface area contributed by atoms with Crippen LogP contribution >= 0.6 is 0 Å². The van der Waals surface area contributed by atoms with E-state index in [1.807, 2.05) is 0 Å². The molecule has 0 radical (unpaired) electrons. The van der Waals surface area contributed by atoms with Crippen molar-refractivity contribution in [1.82, 2.24) is 0 Å². The highest BCUT2D eigenvalue weighted by Crippen LogP contribution is 2.09. The molecule has 12 heavy (non-hydrogen) atoms. The summed E-state index contributed by atoms with van der Waals surface area (Å²) in [4.78, 5) is 0. The van der Waals surface area contributed by atoms with Crippen molar-refractivity contribution in [2.24, 2.45) is 5.92 Å². The molecule has 0 aromatic rings. The summed E-state index contributed by atoms with van der Waals surface area (Å²) in [5.41, 5.74) is 0. The Balaban J connectivity index is 3.17. The van der Waals surface area contributed by atoms with Crippen LogP contribution < -0.4 is 0 Å². The predicted octanol–water partition coefficient (Wildman–Crippen LogP) is 3.14. The molecule has 1 nitrogen and oxygen atoms in total. The molecule has 0 aliphatic heterocycles. The topological polar surface area (TPSA) is 20.2 Å². The molecule has 1 atom stereocenters. The Morgan fingerprint density at radius 3 is 2.42 bits per heavy atom. The molecule has 0 saturated carbocycles. The van der Waals surface area contributed by atoms with E-state index in [9.17, 15) is 0 Å². The molecule has 0 rings (SSSR count). The third kappa shape index (κ3) is 7.80. The SMILES string of the molecule is CCC/C=C/CC[C@H](C)CCO. The summed E-state index contributed by atoms with van der Waals surface area (Å²) >= 11 is 0. The van der Waals surface area contributed by atoms with Gasteiger partial charge in [0.25, 0.3) is 0 Å². The zero-order valence-electron chi connectivity index (χ0n) is 8.42. The van der Waals surface area contributed by atoms with Gasteiger partial charge in [0, 0.05) is 6.61 Å². The van der Waals surface area contributed by atoms with Crippen LogP contribution in [-0.2, 0) is 0 Å². The van der Waals surface area contributed by atoms with E-state index >= 15 is 0 Å². The van der Waals surface area contributed by atoms with Gasteiger partial charge < -0.3 is 5.11 Å². The minimum absolute atomic E-state index is 0.333. The summed E-state index contributed by atoms with van der Waals surface area (Å²) < 4.78 is 0. The lowest BCUT2D eigenvalue weighted by atomic mass is 10.0. The largest absolute Gasteiger partial charge is 0.396 e. The van der Waals surface area contributed by atoms with Crippen LogP contribution in [0.2, 0.25) is 0 Å². The predicted molar refractivity (Wildman–Crippen MR) is 54.1 cm³/mol. The molecular formula is C11H22O. The van der Waals surface area contributed by atoms with Crippen LogP contribution in [0, 0.1) is 5.92 Å². The fraction of sp³-hybridized carbons (Fsp3) is 0.818. The van der Waals surface area contributed by atoms with E-state index < -0.39 is 0 Å². The molecule has 0 bridgehead atoms. The Kier molecular flexibility index (Phi) is 8.57. The molecule has 0 aliphatic carbocycles. The first-order chi connectivity index (χ1) is 5.81. The summed E-state index contributed by atoms with van der Waals surface area (Å²) in [5.74, 6) is 0.668. The zero-order valence-corrected chi connectivity index (χ0v) is 8.42. The Morgan fingerprint density at radius 1 is 1.17 bits per heavy atom. The Hall–Kier alpha value is -0.300. The molecule has 1 N–H and O–H groups in total. The van der Waals surface area contributed by atoms with Crippen molar-refractivity contribution in [2.45, 2.75) is 46.0 Å². The first-order valence-electron chi connectivity index (χ1n) is 5.07. The number of hydrogen-bond donors (Lipinski definition) is 1. The molecule has 0 spiro atoms. The molecule has 0 aliphatic rings. The standard InChI is InChI=1S/C11H22O/c1-3-4-5-6-7-8-11(2)9-10-12/h5-6,11-12H,3-4,7-10H2,1-2H3/b6-5+/t11-/m0/s1. The van der Waals surface area contributed by atoms with Gasteiger partial charge in [-0.25, -0.2) is 0 Å². The molecule has 0 heterocycles. The molecule has 0 amide bonds. The van der Waals surface area contributed by atoms with Gasteiger partial charge in [0.2, 0.25) is 0 Å². The average Bonchev–Trinajstić information content (AvgIpc) is 2.05. The van der Waals surface area contributed by atoms with Gasteiger partial charge in [0.1, 0.15) is 0 Å². The van der Waals surface area contributed by atoms with E-state index in [4.69, 9.17) is 5.11 Å². The molecule has 0 saturated heterocycles. The van der Waals surface area contributed by atoms with Crippen LogP contribution in [-0.4, -0.2) is 11.7 Å². The highest BCUT2D eigenvalue weighted by atomic mass is 16.2. The second-order valence-corrected chi connectivity index (χ2v) is 3.45. The van der Waals surface area contributed by atoms with Crippen LogP contribution in [0.4, 0.5) is 0 Å². The van der Waals surface area contributed by atoms with Gasteiger partial charge in [0.15, 0.2) is 0 Å². The Labute approximate surface area is 76.5 Å². The van der Waals surface area contributed by atoms with Gasteiger partial charge >= 0.3 is 0 Å². The van der Waals surface area contributed by atoms with Crippen LogP contribution in [0.25, 0.3) is 0 Å². The number of aliphatic hydroxyl groups is 1. The third-order valence-electron chi connectivity index (χ3n) is 2.07. The fourth-order valence-electron chi connectivity index (χ4n) is 1.15. The lowest BCUT2D eigenvalue weighted by Crippen LogP contribution is -1.96. The average molecular weight is 170 g/mol. The van der Waals surface area contributed by atoms with Crippen molar-refractivity contribution >= 4 is 0 Å². The van der Waals surface area contributed by atoms with Gasteiger partial charge in [0.05, 0.1) is 0 Å². The summed E-state index contributed by atoms with van der Waals surface area (Å²) in [7, 11) is 0. The van der Waals surface area contributed by atoms with Gasteiger partial charge in [-0.05, 0) is 31.6 Å². The summed E-state index contributed by atoms with van der Waals surface area (Å²) in [6, 6.07) is 0. The molecule has 0 aromatic carbocycles. The van der Waals surface area contributed by atoms with Crippen molar-refractivity contribution < 1.29 is 5.11 Å². The van der Waals surface area contributed by atoms with Crippen LogP contribution in [0.3, 0.4) is 0 Å². The maximum absolute atomic E-state index is 8.66. The molecule has 0 aromatic heterocycles. The van der Waals surface area contributed by atoms with E-state index in [0.29, 0.717) is 12.5 Å². The summed E-state index contributed by atoms with van der Waals surface area (Å²) in [6.07, 6.45) is 10.3. The lowest BCUT2D eigenvalue weighted by molar-refractivity contribution is 0.259. The van der Waals surface area contributed by atoms with E-state index in [2.05, 4.69) is 26.0 Å². The maximum Gasteiger partial charge on any atom is 0.0433 e. The molecule has 0 fully saturated rings. The minimum atomic E-state index is 0.333. The normalized spacial score (nSPS) is 13.9. The Morgan fingerprint density at radius 2 is 1.83 bits per heavy atom. The van der Waals surface area contributed by atoms with Crippen molar-refractivity contribution in [3.8, 4) is 0 Å². The summed E-state index contributed by atoms with van der Waals surface area (Å²) in [6.45, 7) is 4.72. The zero-order chi connectivity index (χ0) is 9.23. The fourth-order valence-corrected chi connectivity index (χ4v) is 1.15. The smallest absolute Gasteiger partial charge is 0.0433 e. The van der Waals surface area contributed by atoms with Gasteiger partial charge in [-0.1, -0.05) is 32.4 Å². The first-order valence-corrected chi connectivity index (χ1v) is 5.07. The highest BCUT2D eigenvalue weighted by molar-refractivity contribution is 4.81. The number of rotatable bonds is 7. The van der Waals surface area contributed by atoms with E-state index in [-0.39, 0.29) is 0 Å². The molecule has 0 unspecified atom stereocenters. The van der Waals surface area contributed by atoms with Crippen LogP contribution in [0.1, 0.15) is 46.0 Å². The van der Waals surface area contributed by atoms with Gasteiger partial charge in [-0.2, -0.15) is 0 Å². The quantitative estimate of drug-likeness (QED) is 0.582. The minimum Gasteiger partial charge on any atom is -0.396 e. The van der Waals surface area contributed by atoms with Crippen molar-refractivity contribution in [3.05, 3.63) is 12.2 Å². The van der Waals surface area contributed by atoms with Crippen molar-refractivity contribution in [1.29, 1.82) is 0 Å². The maximum atomic E-state index is 8.66. The molecular weight excluding hydrogens is 148 g/mol. The summed E-state index contributed by atoms with van der Waals surface area (Å²) in [5, 5.41) is 8.66. The second-order valence-electron chi connectivity index (χ2n) is 3.45. The third-order valence-corrected chi connectivity index (χ3v) is 2.07. The number of hydrogen-bond acceptors (Lipinski definition) is 1. The van der Waals surface area contributed by atoms with Crippen molar-refractivity contribution in [3.63, 3.8) is 0 Å². The lowest BCUT2D eigenvalue weighted by Gasteiger charge is -2.06. The number of aliphatic hydroxyl groups excluding tert-OH is 1. The highest BCUT2D eigenvalue weighted by Gasteiger charge is 1.97. The molecule has 1 heteroatoms. The first kappa shape index (κ1) is 11.7. The van der Waals surface area contributed by atoms with Gasteiger partial charge in [-0.3, -0.25) is 0 Å². The van der Waals surface area contributed by atoms with E-state index in [1.165, 1.54) is 25.7 Å². The van der Waals surface area contributed by atoms with E-state index in [0.717, 1.165) is 6.42 Å². The Bertz CT molecular complexity index is 108. The second kappa shape index (κ2) is 8.79. The number of unbranched alkanes of at least 4 members (excludes halogenated alkanes) is 1. The van der Waals surface area contributed by atoms with Crippen LogP contribution in [0.5, 0.6) is 0 Å².